The monoisotopic (exact) mass is 356 g/mol. The molecular weight excluding hydrogens is 340 g/mol. The summed E-state index contributed by atoms with van der Waals surface area (Å²) in [5.74, 6) is -0.530. The number of hydrogen-bond donors (Lipinski definition) is 2. The summed E-state index contributed by atoms with van der Waals surface area (Å²) >= 11 is 5.93. The molecule has 2 rings (SSSR count). The second-order valence-electron chi connectivity index (χ2n) is 5.33. The third-order valence-corrected chi connectivity index (χ3v) is 3.88. The Kier molecular flexibility index (Phi) is 6.04. The molecular formula is C19H17ClN2O3. The Morgan fingerprint density at radius 3 is 2.64 bits per heavy atom. The first-order valence-electron chi connectivity index (χ1n) is 7.50. The number of rotatable bonds is 5. The Labute approximate surface area is 151 Å². The third-order valence-electron chi connectivity index (χ3n) is 3.59. The van der Waals surface area contributed by atoms with Gasteiger partial charge >= 0.3 is 0 Å². The van der Waals surface area contributed by atoms with Gasteiger partial charge in [-0.15, -0.1) is 0 Å². The van der Waals surface area contributed by atoms with E-state index in [1.807, 2.05) is 43.3 Å². The molecule has 0 spiro atoms. The SMILES string of the molecule is COc1cc(/C=C(\C#N)C(=O)NC(C)c2ccccc2)cc(Cl)c1O. The number of amides is 1. The van der Waals surface area contributed by atoms with E-state index in [9.17, 15) is 15.2 Å². The zero-order valence-electron chi connectivity index (χ0n) is 13.8. The van der Waals surface area contributed by atoms with E-state index in [1.54, 1.807) is 0 Å². The maximum absolute atomic E-state index is 12.4. The highest BCUT2D eigenvalue weighted by Gasteiger charge is 2.15. The molecule has 0 saturated heterocycles. The van der Waals surface area contributed by atoms with E-state index in [0.29, 0.717) is 5.56 Å². The van der Waals surface area contributed by atoms with Crippen LogP contribution in [0.5, 0.6) is 11.5 Å². The van der Waals surface area contributed by atoms with Crippen molar-refractivity contribution in [1.82, 2.24) is 5.32 Å². The van der Waals surface area contributed by atoms with Crippen molar-refractivity contribution in [2.75, 3.05) is 7.11 Å². The summed E-state index contributed by atoms with van der Waals surface area (Å²) in [5, 5.41) is 21.9. The van der Waals surface area contributed by atoms with Gasteiger partial charge in [0, 0.05) is 0 Å². The molecule has 5 nitrogen and oxygen atoms in total. The number of aromatic hydroxyl groups is 1. The number of nitrogens with one attached hydrogen (secondary N) is 1. The number of phenolic OH excluding ortho intramolecular Hbond substituents is 1. The Morgan fingerprint density at radius 1 is 1.36 bits per heavy atom. The molecule has 1 unspecified atom stereocenters. The predicted molar refractivity (Wildman–Crippen MR) is 96.3 cm³/mol. The van der Waals surface area contributed by atoms with Crippen LogP contribution in [0, 0.1) is 11.3 Å². The molecule has 1 amide bonds. The van der Waals surface area contributed by atoms with Crippen molar-refractivity contribution in [2.24, 2.45) is 0 Å². The van der Waals surface area contributed by atoms with E-state index in [-0.39, 0.29) is 28.1 Å². The number of ether oxygens (including phenoxy) is 1. The molecule has 0 aliphatic heterocycles. The van der Waals surface area contributed by atoms with E-state index < -0.39 is 5.91 Å². The van der Waals surface area contributed by atoms with Crippen LogP contribution in [0.15, 0.2) is 48.0 Å². The number of carbonyl (C=O) groups is 1. The number of benzene rings is 2. The van der Waals surface area contributed by atoms with Crippen LogP contribution in [-0.2, 0) is 4.79 Å². The lowest BCUT2D eigenvalue weighted by Crippen LogP contribution is -2.27. The van der Waals surface area contributed by atoms with Crippen molar-refractivity contribution in [2.45, 2.75) is 13.0 Å². The molecule has 0 radical (unpaired) electrons. The summed E-state index contributed by atoms with van der Waals surface area (Å²) in [6, 6.07) is 14.0. The van der Waals surface area contributed by atoms with Crippen molar-refractivity contribution in [3.8, 4) is 17.6 Å². The van der Waals surface area contributed by atoms with Gasteiger partial charge in [-0.1, -0.05) is 41.9 Å². The van der Waals surface area contributed by atoms with Gasteiger partial charge in [0.2, 0.25) is 0 Å². The Hall–Kier alpha value is -2.97. The lowest BCUT2D eigenvalue weighted by molar-refractivity contribution is -0.117. The first kappa shape index (κ1) is 18.4. The van der Waals surface area contributed by atoms with E-state index in [2.05, 4.69) is 5.32 Å². The van der Waals surface area contributed by atoms with Crippen LogP contribution in [0.25, 0.3) is 6.08 Å². The average Bonchev–Trinajstić information content (AvgIpc) is 2.62. The molecule has 2 aromatic rings. The number of carbonyl (C=O) groups excluding carboxylic acids is 1. The first-order valence-corrected chi connectivity index (χ1v) is 7.88. The summed E-state index contributed by atoms with van der Waals surface area (Å²) in [4.78, 5) is 12.4. The molecule has 2 aromatic carbocycles. The lowest BCUT2D eigenvalue weighted by Gasteiger charge is -2.14. The average molecular weight is 357 g/mol. The van der Waals surface area contributed by atoms with Crippen molar-refractivity contribution < 1.29 is 14.6 Å². The minimum atomic E-state index is -0.498. The van der Waals surface area contributed by atoms with Crippen LogP contribution in [0.3, 0.4) is 0 Å². The fraction of sp³-hybridized carbons (Fsp3) is 0.158. The van der Waals surface area contributed by atoms with Gasteiger partial charge in [-0.05, 0) is 36.3 Å². The molecule has 0 saturated carbocycles. The van der Waals surface area contributed by atoms with Crippen LogP contribution >= 0.6 is 11.6 Å². The van der Waals surface area contributed by atoms with Crippen molar-refractivity contribution >= 4 is 23.6 Å². The van der Waals surface area contributed by atoms with Crippen LogP contribution in [0.4, 0.5) is 0 Å². The van der Waals surface area contributed by atoms with E-state index in [4.69, 9.17) is 16.3 Å². The molecule has 0 fully saturated rings. The van der Waals surface area contributed by atoms with Gasteiger partial charge in [0.25, 0.3) is 5.91 Å². The van der Waals surface area contributed by atoms with Crippen LogP contribution in [-0.4, -0.2) is 18.1 Å². The molecule has 0 aliphatic carbocycles. The van der Waals surface area contributed by atoms with Crippen LogP contribution < -0.4 is 10.1 Å². The summed E-state index contributed by atoms with van der Waals surface area (Å²) in [6.45, 7) is 1.84. The van der Waals surface area contributed by atoms with Gasteiger partial charge in [0.15, 0.2) is 11.5 Å². The quantitative estimate of drug-likeness (QED) is 0.630. The number of phenols is 1. The largest absolute Gasteiger partial charge is 0.503 e. The molecule has 2 N–H and O–H groups in total. The third kappa shape index (κ3) is 4.52. The molecule has 0 bridgehead atoms. The molecule has 0 heterocycles. The fourth-order valence-corrected chi connectivity index (χ4v) is 2.47. The summed E-state index contributed by atoms with van der Waals surface area (Å²) in [6.07, 6.45) is 1.39. The smallest absolute Gasteiger partial charge is 0.262 e. The maximum Gasteiger partial charge on any atom is 0.262 e. The fourth-order valence-electron chi connectivity index (χ4n) is 2.25. The van der Waals surface area contributed by atoms with Crippen molar-refractivity contribution in [3.63, 3.8) is 0 Å². The number of hydrogen-bond acceptors (Lipinski definition) is 4. The van der Waals surface area contributed by atoms with E-state index in [0.717, 1.165) is 5.56 Å². The van der Waals surface area contributed by atoms with Gasteiger partial charge in [0.1, 0.15) is 11.6 Å². The number of nitriles is 1. The minimum Gasteiger partial charge on any atom is -0.503 e. The van der Waals surface area contributed by atoms with Gasteiger partial charge in [0.05, 0.1) is 18.2 Å². The van der Waals surface area contributed by atoms with Gasteiger partial charge < -0.3 is 15.2 Å². The second kappa shape index (κ2) is 8.22. The molecule has 0 aliphatic rings. The predicted octanol–water partition coefficient (Wildman–Crippen LogP) is 3.84. The number of methoxy groups -OCH3 is 1. The highest BCUT2D eigenvalue weighted by atomic mass is 35.5. The summed E-state index contributed by atoms with van der Waals surface area (Å²) < 4.78 is 5.02. The summed E-state index contributed by atoms with van der Waals surface area (Å²) in [5.41, 5.74) is 1.33. The van der Waals surface area contributed by atoms with Gasteiger partial charge in [-0.25, -0.2) is 0 Å². The van der Waals surface area contributed by atoms with Crippen molar-refractivity contribution in [1.29, 1.82) is 5.26 Å². The highest BCUT2D eigenvalue weighted by molar-refractivity contribution is 6.32. The number of halogens is 1. The Bertz CT molecular complexity index is 842. The second-order valence-corrected chi connectivity index (χ2v) is 5.74. The zero-order chi connectivity index (χ0) is 18.4. The maximum atomic E-state index is 12.4. The van der Waals surface area contributed by atoms with Crippen molar-refractivity contribution in [3.05, 3.63) is 64.2 Å². The highest BCUT2D eigenvalue weighted by Crippen LogP contribution is 2.35. The minimum absolute atomic E-state index is 0.0703. The van der Waals surface area contributed by atoms with Gasteiger partial charge in [-0.3, -0.25) is 4.79 Å². The van der Waals surface area contributed by atoms with E-state index >= 15 is 0 Å². The molecule has 25 heavy (non-hydrogen) atoms. The molecule has 6 heteroatoms. The zero-order valence-corrected chi connectivity index (χ0v) is 14.5. The van der Waals surface area contributed by atoms with E-state index in [1.165, 1.54) is 25.3 Å². The molecule has 1 atom stereocenters. The molecule has 128 valence electrons. The van der Waals surface area contributed by atoms with Crippen LogP contribution in [0.2, 0.25) is 5.02 Å². The Morgan fingerprint density at radius 2 is 2.04 bits per heavy atom. The van der Waals surface area contributed by atoms with Gasteiger partial charge in [-0.2, -0.15) is 5.26 Å². The number of nitrogens with zero attached hydrogens (tertiary/aromatic N) is 1. The topological polar surface area (TPSA) is 82.3 Å². The molecule has 0 aromatic heterocycles. The first-order chi connectivity index (χ1) is 12.0. The van der Waals surface area contributed by atoms with Crippen LogP contribution in [0.1, 0.15) is 24.1 Å². The standard InChI is InChI=1S/C19H17ClN2O3/c1-12(14-6-4-3-5-7-14)22-19(24)15(11-21)8-13-9-16(20)18(23)17(10-13)25-2/h3-10,12,23H,1-2H3,(H,22,24)/b15-8+. The lowest BCUT2D eigenvalue weighted by atomic mass is 10.1. The summed E-state index contributed by atoms with van der Waals surface area (Å²) in [7, 11) is 1.39. The Balaban J connectivity index is 2.24. The normalized spacial score (nSPS) is 12.2.